The van der Waals surface area contributed by atoms with Crippen molar-refractivity contribution in [2.45, 2.75) is 25.3 Å². The third kappa shape index (κ3) is 3.01. The van der Waals surface area contributed by atoms with Crippen LogP contribution >= 0.6 is 0 Å². The molecule has 3 aliphatic rings. The highest BCUT2D eigenvalue weighted by molar-refractivity contribution is 6.03. The zero-order valence-corrected chi connectivity index (χ0v) is 14.4. The quantitative estimate of drug-likeness (QED) is 0.620. The number of anilines is 2. The van der Waals surface area contributed by atoms with Crippen molar-refractivity contribution in [1.29, 1.82) is 0 Å². The van der Waals surface area contributed by atoms with Gasteiger partial charge in [-0.3, -0.25) is 14.4 Å². The van der Waals surface area contributed by atoms with Crippen LogP contribution in [-0.2, 0) is 9.59 Å². The molecule has 0 saturated carbocycles. The minimum absolute atomic E-state index is 0.0203. The standard InChI is InChI=1S/C18H22N4O4/c23-15-9-19-12-2-1-11(7-13(12)21-15)16(24)22-5-3-18(4-6-22)8-14(17(25)26)20-10-18/h1-2,7,14,19-20H,3-6,8-10H2,(H,21,23)(H,25,26)/t14-/m0/s1. The van der Waals surface area contributed by atoms with Gasteiger partial charge in [-0.05, 0) is 42.9 Å². The molecule has 26 heavy (non-hydrogen) atoms. The topological polar surface area (TPSA) is 111 Å². The second-order valence-electron chi connectivity index (χ2n) is 7.43. The summed E-state index contributed by atoms with van der Waals surface area (Å²) in [5.74, 6) is -0.975. The summed E-state index contributed by atoms with van der Waals surface area (Å²) >= 11 is 0. The smallest absolute Gasteiger partial charge is 0.320 e. The molecule has 0 radical (unpaired) electrons. The van der Waals surface area contributed by atoms with Crippen LogP contribution in [-0.4, -0.2) is 60.0 Å². The van der Waals surface area contributed by atoms with Gasteiger partial charge in [0, 0.05) is 25.2 Å². The number of nitrogens with one attached hydrogen (secondary N) is 3. The lowest BCUT2D eigenvalue weighted by molar-refractivity contribution is -0.139. The lowest BCUT2D eigenvalue weighted by Crippen LogP contribution is -2.44. The third-order valence-corrected chi connectivity index (χ3v) is 5.75. The van der Waals surface area contributed by atoms with Crippen molar-refractivity contribution >= 4 is 29.2 Å². The van der Waals surface area contributed by atoms with E-state index in [1.165, 1.54) is 0 Å². The summed E-state index contributed by atoms with van der Waals surface area (Å²) in [6.07, 6.45) is 2.23. The number of piperidine rings is 1. The van der Waals surface area contributed by atoms with Crippen molar-refractivity contribution in [1.82, 2.24) is 10.2 Å². The summed E-state index contributed by atoms with van der Waals surface area (Å²) in [6.45, 7) is 2.17. The average molecular weight is 358 g/mol. The molecule has 0 aromatic heterocycles. The Morgan fingerprint density at radius 1 is 1.19 bits per heavy atom. The maximum absolute atomic E-state index is 12.8. The first-order valence-corrected chi connectivity index (χ1v) is 8.89. The molecule has 3 heterocycles. The minimum Gasteiger partial charge on any atom is -0.480 e. The highest BCUT2D eigenvalue weighted by atomic mass is 16.4. The summed E-state index contributed by atoms with van der Waals surface area (Å²) in [5.41, 5.74) is 1.98. The van der Waals surface area contributed by atoms with E-state index in [9.17, 15) is 14.4 Å². The van der Waals surface area contributed by atoms with Gasteiger partial charge in [0.25, 0.3) is 5.91 Å². The molecule has 1 aromatic rings. The Morgan fingerprint density at radius 3 is 2.65 bits per heavy atom. The van der Waals surface area contributed by atoms with Crippen LogP contribution in [0.2, 0.25) is 0 Å². The number of carbonyl (C=O) groups is 3. The normalized spacial score (nSPS) is 23.9. The van der Waals surface area contributed by atoms with Gasteiger partial charge in [0.2, 0.25) is 5.91 Å². The van der Waals surface area contributed by atoms with Crippen LogP contribution in [0.25, 0.3) is 0 Å². The fourth-order valence-electron chi connectivity index (χ4n) is 4.14. The van der Waals surface area contributed by atoms with Crippen molar-refractivity contribution in [3.63, 3.8) is 0 Å². The number of amides is 2. The van der Waals surface area contributed by atoms with E-state index in [1.54, 1.807) is 12.1 Å². The number of hydrogen-bond acceptors (Lipinski definition) is 5. The molecule has 8 nitrogen and oxygen atoms in total. The SMILES string of the molecule is O=C1CNc2ccc(C(=O)N3CCC4(CC3)CN[C@H](C(=O)O)C4)cc2N1. The number of aliphatic carboxylic acids is 1. The molecule has 0 unspecified atom stereocenters. The average Bonchev–Trinajstić information content (AvgIpc) is 3.05. The van der Waals surface area contributed by atoms with Crippen LogP contribution in [0.5, 0.6) is 0 Å². The van der Waals surface area contributed by atoms with E-state index < -0.39 is 12.0 Å². The monoisotopic (exact) mass is 358 g/mol. The largest absolute Gasteiger partial charge is 0.480 e. The number of carbonyl (C=O) groups excluding carboxylic acids is 2. The van der Waals surface area contributed by atoms with Gasteiger partial charge in [-0.1, -0.05) is 0 Å². The first-order valence-electron chi connectivity index (χ1n) is 8.89. The number of carboxylic acids is 1. The van der Waals surface area contributed by atoms with E-state index in [4.69, 9.17) is 5.11 Å². The molecule has 2 saturated heterocycles. The maximum atomic E-state index is 12.8. The first-order chi connectivity index (χ1) is 12.5. The van der Waals surface area contributed by atoms with Crippen LogP contribution < -0.4 is 16.0 Å². The molecule has 0 aliphatic carbocycles. The van der Waals surface area contributed by atoms with Gasteiger partial charge >= 0.3 is 5.97 Å². The van der Waals surface area contributed by atoms with Crippen molar-refractivity contribution in [3.8, 4) is 0 Å². The molecule has 1 spiro atoms. The van der Waals surface area contributed by atoms with Gasteiger partial charge in [-0.15, -0.1) is 0 Å². The Morgan fingerprint density at radius 2 is 1.96 bits per heavy atom. The minimum atomic E-state index is -0.801. The number of fused-ring (bicyclic) bond motifs is 1. The molecule has 8 heteroatoms. The summed E-state index contributed by atoms with van der Waals surface area (Å²) in [4.78, 5) is 37.3. The van der Waals surface area contributed by atoms with Crippen LogP contribution in [0.4, 0.5) is 11.4 Å². The van der Waals surface area contributed by atoms with Crippen molar-refractivity contribution in [3.05, 3.63) is 23.8 Å². The van der Waals surface area contributed by atoms with Crippen LogP contribution in [0.1, 0.15) is 29.6 Å². The zero-order chi connectivity index (χ0) is 18.3. The van der Waals surface area contributed by atoms with E-state index in [2.05, 4.69) is 16.0 Å². The summed E-state index contributed by atoms with van der Waals surface area (Å²) in [7, 11) is 0. The maximum Gasteiger partial charge on any atom is 0.320 e. The van der Waals surface area contributed by atoms with Crippen molar-refractivity contribution in [2.75, 3.05) is 36.8 Å². The number of nitrogens with zero attached hydrogens (tertiary/aromatic N) is 1. The summed E-state index contributed by atoms with van der Waals surface area (Å²) in [5, 5.41) is 18.0. The summed E-state index contributed by atoms with van der Waals surface area (Å²) < 4.78 is 0. The second kappa shape index (κ2) is 6.28. The second-order valence-corrected chi connectivity index (χ2v) is 7.43. The fraction of sp³-hybridized carbons (Fsp3) is 0.500. The molecule has 138 valence electrons. The third-order valence-electron chi connectivity index (χ3n) is 5.75. The fourth-order valence-corrected chi connectivity index (χ4v) is 4.14. The van der Waals surface area contributed by atoms with Gasteiger partial charge in [0.05, 0.1) is 17.9 Å². The first kappa shape index (κ1) is 16.8. The molecule has 1 aromatic carbocycles. The van der Waals surface area contributed by atoms with E-state index in [1.807, 2.05) is 11.0 Å². The predicted octanol–water partition coefficient (Wildman–Crippen LogP) is 0.720. The Labute approximate surface area is 150 Å². The number of likely N-dealkylation sites (tertiary alicyclic amines) is 1. The van der Waals surface area contributed by atoms with E-state index in [0.29, 0.717) is 37.3 Å². The predicted molar refractivity (Wildman–Crippen MR) is 95.2 cm³/mol. The van der Waals surface area contributed by atoms with Gasteiger partial charge in [0.15, 0.2) is 0 Å². The van der Waals surface area contributed by atoms with Gasteiger partial charge in [-0.25, -0.2) is 0 Å². The molecule has 3 aliphatic heterocycles. The Bertz CT molecular complexity index is 770. The van der Waals surface area contributed by atoms with Gasteiger partial charge < -0.3 is 26.0 Å². The lowest BCUT2D eigenvalue weighted by Gasteiger charge is -2.39. The molecule has 1 atom stereocenters. The van der Waals surface area contributed by atoms with Crippen molar-refractivity contribution < 1.29 is 19.5 Å². The highest BCUT2D eigenvalue weighted by Gasteiger charge is 2.44. The Kier molecular flexibility index (Phi) is 4.07. The molecule has 0 bridgehead atoms. The van der Waals surface area contributed by atoms with Gasteiger partial charge in [0.1, 0.15) is 6.04 Å². The number of benzene rings is 1. The van der Waals surface area contributed by atoms with Crippen LogP contribution in [0, 0.1) is 5.41 Å². The Hall–Kier alpha value is -2.61. The van der Waals surface area contributed by atoms with Gasteiger partial charge in [-0.2, -0.15) is 0 Å². The molecule has 2 fully saturated rings. The highest BCUT2D eigenvalue weighted by Crippen LogP contribution is 2.39. The molecule has 4 N–H and O–H groups in total. The Balaban J connectivity index is 1.42. The van der Waals surface area contributed by atoms with Crippen molar-refractivity contribution in [2.24, 2.45) is 5.41 Å². The molecular weight excluding hydrogens is 336 g/mol. The lowest BCUT2D eigenvalue weighted by atomic mass is 9.76. The number of carboxylic acid groups (broad SMARTS) is 1. The number of rotatable bonds is 2. The van der Waals surface area contributed by atoms with E-state index in [0.717, 1.165) is 18.5 Å². The summed E-state index contributed by atoms with van der Waals surface area (Å²) in [6, 6.07) is 4.82. The van der Waals surface area contributed by atoms with E-state index in [-0.39, 0.29) is 23.8 Å². The van der Waals surface area contributed by atoms with Crippen LogP contribution in [0.15, 0.2) is 18.2 Å². The number of hydrogen-bond donors (Lipinski definition) is 4. The molecule has 4 rings (SSSR count). The zero-order valence-electron chi connectivity index (χ0n) is 14.4. The molecular formula is C18H22N4O4. The molecule has 2 amide bonds. The van der Waals surface area contributed by atoms with E-state index >= 15 is 0 Å². The van der Waals surface area contributed by atoms with Crippen LogP contribution in [0.3, 0.4) is 0 Å².